The zero-order valence-electron chi connectivity index (χ0n) is 11.0. The summed E-state index contributed by atoms with van der Waals surface area (Å²) in [6.45, 7) is 6.20. The van der Waals surface area contributed by atoms with Crippen molar-refractivity contribution in [1.29, 1.82) is 0 Å². The van der Waals surface area contributed by atoms with Gasteiger partial charge >= 0.3 is 0 Å². The van der Waals surface area contributed by atoms with Crippen LogP contribution < -0.4 is 5.73 Å². The normalized spacial score (nSPS) is 13.2. The van der Waals surface area contributed by atoms with Crippen molar-refractivity contribution in [1.82, 2.24) is 19.9 Å². The Morgan fingerprint density at radius 1 is 1.44 bits per heavy atom. The molecule has 0 aliphatic rings. The molecule has 2 aromatic heterocycles. The lowest BCUT2D eigenvalue weighted by Crippen LogP contribution is -2.13. The fourth-order valence-corrected chi connectivity index (χ4v) is 1.65. The van der Waals surface area contributed by atoms with Gasteiger partial charge in [0.25, 0.3) is 0 Å². The lowest BCUT2D eigenvalue weighted by Gasteiger charge is -2.05. The molecule has 0 bridgehead atoms. The van der Waals surface area contributed by atoms with Gasteiger partial charge in [-0.05, 0) is 20.3 Å². The number of aryl methyl sites for hydroxylation is 1. The second kappa shape index (κ2) is 5.30. The zero-order chi connectivity index (χ0) is 13.1. The van der Waals surface area contributed by atoms with Crippen LogP contribution in [-0.2, 0) is 6.42 Å². The smallest absolute Gasteiger partial charge is 0.226 e. The molecule has 0 spiro atoms. The highest BCUT2D eigenvalue weighted by molar-refractivity contribution is 5.18. The minimum Gasteiger partial charge on any atom is -0.339 e. The second-order valence-electron chi connectivity index (χ2n) is 4.62. The van der Waals surface area contributed by atoms with Gasteiger partial charge in [-0.1, -0.05) is 12.1 Å². The van der Waals surface area contributed by atoms with Gasteiger partial charge in [0.15, 0.2) is 5.82 Å². The summed E-state index contributed by atoms with van der Waals surface area (Å²) in [5.74, 6) is 1.15. The van der Waals surface area contributed by atoms with Crippen LogP contribution in [0.15, 0.2) is 16.9 Å². The summed E-state index contributed by atoms with van der Waals surface area (Å²) >= 11 is 0. The average Bonchev–Trinajstić information content (AvgIpc) is 2.97. The third-order valence-electron chi connectivity index (χ3n) is 2.74. The summed E-state index contributed by atoms with van der Waals surface area (Å²) in [7, 11) is 0. The first-order chi connectivity index (χ1) is 8.61. The summed E-state index contributed by atoms with van der Waals surface area (Å²) in [6.07, 6.45) is 5.43. The first-order valence-electron chi connectivity index (χ1n) is 6.24. The molecule has 0 fully saturated rings. The summed E-state index contributed by atoms with van der Waals surface area (Å²) in [4.78, 5) is 4.29. The van der Waals surface area contributed by atoms with E-state index in [1.54, 1.807) is 6.20 Å². The molecule has 6 nitrogen and oxygen atoms in total. The first-order valence-corrected chi connectivity index (χ1v) is 6.24. The van der Waals surface area contributed by atoms with E-state index >= 15 is 0 Å². The Morgan fingerprint density at radius 2 is 2.22 bits per heavy atom. The molecule has 1 unspecified atom stereocenters. The van der Waals surface area contributed by atoms with Crippen molar-refractivity contribution in [2.24, 2.45) is 5.73 Å². The molecular weight excluding hydrogens is 230 g/mol. The van der Waals surface area contributed by atoms with Crippen LogP contribution in [0.5, 0.6) is 0 Å². The van der Waals surface area contributed by atoms with Crippen molar-refractivity contribution >= 4 is 0 Å². The van der Waals surface area contributed by atoms with Gasteiger partial charge in [0.2, 0.25) is 5.89 Å². The Labute approximate surface area is 106 Å². The van der Waals surface area contributed by atoms with E-state index in [-0.39, 0.29) is 6.04 Å². The number of hydrogen-bond donors (Lipinski definition) is 1. The Bertz CT molecular complexity index is 502. The molecule has 2 rings (SSSR count). The lowest BCUT2D eigenvalue weighted by atomic mass is 10.1. The van der Waals surface area contributed by atoms with Crippen LogP contribution >= 0.6 is 0 Å². The number of nitrogens with zero attached hydrogens (tertiary/aromatic N) is 4. The molecule has 2 aromatic rings. The quantitative estimate of drug-likeness (QED) is 0.874. The van der Waals surface area contributed by atoms with Crippen LogP contribution in [0.2, 0.25) is 0 Å². The van der Waals surface area contributed by atoms with Crippen molar-refractivity contribution in [3.63, 3.8) is 0 Å². The van der Waals surface area contributed by atoms with E-state index in [4.69, 9.17) is 10.3 Å². The monoisotopic (exact) mass is 249 g/mol. The van der Waals surface area contributed by atoms with Crippen LogP contribution in [0.25, 0.3) is 0 Å². The molecule has 0 radical (unpaired) electrons. The molecule has 0 amide bonds. The SMILES string of the molecule is CCCc1nc(C(N)c2cnn(C(C)C)c2)no1. The minimum absolute atomic E-state index is 0.312. The van der Waals surface area contributed by atoms with Crippen LogP contribution in [0.1, 0.15) is 56.6 Å². The van der Waals surface area contributed by atoms with Gasteiger partial charge < -0.3 is 10.3 Å². The molecule has 0 saturated heterocycles. The molecule has 0 aromatic carbocycles. The van der Waals surface area contributed by atoms with E-state index in [0.717, 1.165) is 18.4 Å². The number of rotatable bonds is 5. The Hall–Kier alpha value is -1.69. The molecule has 2 N–H and O–H groups in total. The molecule has 2 heterocycles. The average molecular weight is 249 g/mol. The summed E-state index contributed by atoms with van der Waals surface area (Å²) in [6, 6.07) is -0.0706. The van der Waals surface area contributed by atoms with E-state index in [2.05, 4.69) is 36.0 Å². The van der Waals surface area contributed by atoms with Gasteiger partial charge in [0, 0.05) is 24.2 Å². The third kappa shape index (κ3) is 2.59. The van der Waals surface area contributed by atoms with E-state index in [1.807, 2.05) is 10.9 Å². The molecule has 6 heteroatoms. The van der Waals surface area contributed by atoms with Gasteiger partial charge in [-0.15, -0.1) is 0 Å². The highest BCUT2D eigenvalue weighted by Gasteiger charge is 2.18. The van der Waals surface area contributed by atoms with E-state index in [9.17, 15) is 0 Å². The minimum atomic E-state index is -0.383. The Morgan fingerprint density at radius 3 is 2.83 bits per heavy atom. The van der Waals surface area contributed by atoms with Crippen LogP contribution in [0.4, 0.5) is 0 Å². The molecule has 0 saturated carbocycles. The lowest BCUT2D eigenvalue weighted by molar-refractivity contribution is 0.370. The van der Waals surface area contributed by atoms with Crippen LogP contribution in [-0.4, -0.2) is 19.9 Å². The predicted octanol–water partition coefficient (Wildman–Crippen LogP) is 1.85. The largest absolute Gasteiger partial charge is 0.339 e. The number of aromatic nitrogens is 4. The van der Waals surface area contributed by atoms with Crippen LogP contribution in [0, 0.1) is 0 Å². The van der Waals surface area contributed by atoms with Crippen molar-refractivity contribution in [2.75, 3.05) is 0 Å². The van der Waals surface area contributed by atoms with E-state index in [1.165, 1.54) is 0 Å². The number of hydrogen-bond acceptors (Lipinski definition) is 5. The topological polar surface area (TPSA) is 82.8 Å². The van der Waals surface area contributed by atoms with Crippen molar-refractivity contribution in [3.05, 3.63) is 29.7 Å². The van der Waals surface area contributed by atoms with Crippen molar-refractivity contribution in [3.8, 4) is 0 Å². The summed E-state index contributed by atoms with van der Waals surface area (Å²) in [5.41, 5.74) is 7.00. The third-order valence-corrected chi connectivity index (χ3v) is 2.74. The zero-order valence-corrected chi connectivity index (χ0v) is 11.0. The molecule has 18 heavy (non-hydrogen) atoms. The van der Waals surface area contributed by atoms with E-state index in [0.29, 0.717) is 17.8 Å². The summed E-state index contributed by atoms with van der Waals surface area (Å²) in [5, 5.41) is 8.17. The fraction of sp³-hybridized carbons (Fsp3) is 0.583. The maximum Gasteiger partial charge on any atom is 0.226 e. The summed E-state index contributed by atoms with van der Waals surface area (Å²) < 4.78 is 7.00. The maximum atomic E-state index is 6.10. The van der Waals surface area contributed by atoms with Gasteiger partial charge in [-0.2, -0.15) is 10.1 Å². The predicted molar refractivity (Wildman–Crippen MR) is 66.9 cm³/mol. The molecule has 0 aliphatic heterocycles. The molecule has 1 atom stereocenters. The van der Waals surface area contributed by atoms with Crippen molar-refractivity contribution < 1.29 is 4.52 Å². The fourth-order valence-electron chi connectivity index (χ4n) is 1.65. The van der Waals surface area contributed by atoms with E-state index < -0.39 is 0 Å². The van der Waals surface area contributed by atoms with Gasteiger partial charge in [-0.25, -0.2) is 0 Å². The highest BCUT2D eigenvalue weighted by atomic mass is 16.5. The Balaban J connectivity index is 2.15. The van der Waals surface area contributed by atoms with Gasteiger partial charge in [0.1, 0.15) is 0 Å². The standard InChI is InChI=1S/C12H19N5O/c1-4-5-10-15-12(16-18-10)11(13)9-6-14-17(7-9)8(2)3/h6-8,11H,4-5,13H2,1-3H3. The molecular formula is C12H19N5O. The first kappa shape index (κ1) is 12.8. The van der Waals surface area contributed by atoms with Crippen molar-refractivity contribution in [2.45, 2.75) is 45.7 Å². The molecule has 98 valence electrons. The molecule has 0 aliphatic carbocycles. The Kier molecular flexibility index (Phi) is 3.76. The second-order valence-corrected chi connectivity index (χ2v) is 4.62. The maximum absolute atomic E-state index is 6.10. The number of nitrogens with two attached hydrogens (primary N) is 1. The highest BCUT2D eigenvalue weighted by Crippen LogP contribution is 2.18. The van der Waals surface area contributed by atoms with Gasteiger partial charge in [-0.3, -0.25) is 4.68 Å². The van der Waals surface area contributed by atoms with Gasteiger partial charge in [0.05, 0.1) is 12.2 Å². The van der Waals surface area contributed by atoms with Crippen LogP contribution in [0.3, 0.4) is 0 Å².